The second-order valence-electron chi connectivity index (χ2n) is 4.80. The standard InChI is InChI=1S/C12H20O3S/c13-16(14)9-8-12(10-16)15-11-6-4-2-1-3-5-7-11/h8-9,11-12H,1-7,10H2. The smallest absolute Gasteiger partial charge is 0.174 e. The first-order chi connectivity index (χ1) is 7.66. The van der Waals surface area contributed by atoms with Crippen LogP contribution in [-0.2, 0) is 14.6 Å². The van der Waals surface area contributed by atoms with Gasteiger partial charge >= 0.3 is 0 Å². The first-order valence-corrected chi connectivity index (χ1v) is 7.94. The van der Waals surface area contributed by atoms with Crippen molar-refractivity contribution in [1.29, 1.82) is 0 Å². The molecule has 1 fully saturated rings. The fourth-order valence-corrected chi connectivity index (χ4v) is 3.61. The lowest BCUT2D eigenvalue weighted by molar-refractivity contribution is 0.0102. The molecule has 0 saturated heterocycles. The van der Waals surface area contributed by atoms with E-state index in [1.807, 2.05) is 0 Å². The van der Waals surface area contributed by atoms with Gasteiger partial charge in [0.25, 0.3) is 0 Å². The Balaban J connectivity index is 1.82. The van der Waals surface area contributed by atoms with Crippen molar-refractivity contribution in [1.82, 2.24) is 0 Å². The summed E-state index contributed by atoms with van der Waals surface area (Å²) in [6.45, 7) is 0. The van der Waals surface area contributed by atoms with E-state index in [0.29, 0.717) is 0 Å². The minimum Gasteiger partial charge on any atom is -0.370 e. The Hall–Kier alpha value is -0.350. The number of ether oxygens (including phenoxy) is 1. The summed E-state index contributed by atoms with van der Waals surface area (Å²) in [7, 11) is -2.97. The molecule has 16 heavy (non-hydrogen) atoms. The van der Waals surface area contributed by atoms with Gasteiger partial charge in [0.2, 0.25) is 0 Å². The molecule has 0 radical (unpaired) electrons. The van der Waals surface area contributed by atoms with Crippen molar-refractivity contribution in [2.75, 3.05) is 5.75 Å². The van der Waals surface area contributed by atoms with E-state index >= 15 is 0 Å². The van der Waals surface area contributed by atoms with Crippen LogP contribution in [0.3, 0.4) is 0 Å². The van der Waals surface area contributed by atoms with E-state index in [4.69, 9.17) is 4.74 Å². The zero-order valence-electron chi connectivity index (χ0n) is 9.60. The van der Waals surface area contributed by atoms with Crippen LogP contribution in [0.1, 0.15) is 44.9 Å². The predicted molar refractivity (Wildman–Crippen MR) is 63.9 cm³/mol. The highest BCUT2D eigenvalue weighted by molar-refractivity contribution is 7.94. The molecule has 92 valence electrons. The van der Waals surface area contributed by atoms with Crippen LogP contribution in [0.15, 0.2) is 11.5 Å². The van der Waals surface area contributed by atoms with Crippen LogP contribution in [0.5, 0.6) is 0 Å². The van der Waals surface area contributed by atoms with E-state index < -0.39 is 9.84 Å². The predicted octanol–water partition coefficient (Wildman–Crippen LogP) is 2.43. The fourth-order valence-electron chi connectivity index (χ4n) is 2.43. The molecular formula is C12H20O3S. The first-order valence-electron chi connectivity index (χ1n) is 6.22. The van der Waals surface area contributed by atoms with Crippen molar-refractivity contribution < 1.29 is 13.2 Å². The fraction of sp³-hybridized carbons (Fsp3) is 0.833. The average Bonchev–Trinajstić information content (AvgIpc) is 2.50. The van der Waals surface area contributed by atoms with Crippen LogP contribution in [-0.4, -0.2) is 26.4 Å². The summed E-state index contributed by atoms with van der Waals surface area (Å²) in [4.78, 5) is 0. The number of sulfone groups is 1. The largest absolute Gasteiger partial charge is 0.370 e. The van der Waals surface area contributed by atoms with E-state index in [9.17, 15) is 8.42 Å². The van der Waals surface area contributed by atoms with Crippen LogP contribution in [0.2, 0.25) is 0 Å². The molecule has 1 unspecified atom stereocenters. The number of hydrogen-bond acceptors (Lipinski definition) is 3. The third-order valence-corrected chi connectivity index (χ3v) is 4.68. The summed E-state index contributed by atoms with van der Waals surface area (Å²) in [6, 6.07) is 0. The number of hydrogen-bond donors (Lipinski definition) is 0. The van der Waals surface area contributed by atoms with E-state index in [1.165, 1.54) is 37.5 Å². The van der Waals surface area contributed by atoms with Crippen LogP contribution >= 0.6 is 0 Å². The topological polar surface area (TPSA) is 43.4 Å². The van der Waals surface area contributed by atoms with Gasteiger partial charge in [-0.25, -0.2) is 8.42 Å². The zero-order valence-corrected chi connectivity index (χ0v) is 10.4. The van der Waals surface area contributed by atoms with Crippen molar-refractivity contribution in [2.45, 2.75) is 57.2 Å². The van der Waals surface area contributed by atoms with Gasteiger partial charge in [0.1, 0.15) is 0 Å². The van der Waals surface area contributed by atoms with Crippen LogP contribution < -0.4 is 0 Å². The summed E-state index contributed by atoms with van der Waals surface area (Å²) >= 11 is 0. The maximum Gasteiger partial charge on any atom is 0.174 e. The monoisotopic (exact) mass is 244 g/mol. The summed E-state index contributed by atoms with van der Waals surface area (Å²) in [5.74, 6) is 0.142. The van der Waals surface area contributed by atoms with E-state index in [2.05, 4.69) is 0 Å². The van der Waals surface area contributed by atoms with Gasteiger partial charge in [0, 0.05) is 5.41 Å². The second kappa shape index (κ2) is 5.32. The summed E-state index contributed by atoms with van der Waals surface area (Å²) in [5.41, 5.74) is 0. The normalized spacial score (nSPS) is 31.1. The summed E-state index contributed by atoms with van der Waals surface area (Å²) in [5, 5.41) is 1.29. The van der Waals surface area contributed by atoms with Crippen molar-refractivity contribution in [2.24, 2.45) is 0 Å². The molecule has 2 rings (SSSR count). The lowest BCUT2D eigenvalue weighted by Crippen LogP contribution is -2.24. The Morgan fingerprint density at radius 3 is 2.19 bits per heavy atom. The molecule has 3 nitrogen and oxygen atoms in total. The second-order valence-corrected chi connectivity index (χ2v) is 6.73. The summed E-state index contributed by atoms with van der Waals surface area (Å²) < 4.78 is 28.3. The van der Waals surface area contributed by atoms with Crippen molar-refractivity contribution in [3.63, 3.8) is 0 Å². The van der Waals surface area contributed by atoms with Crippen molar-refractivity contribution in [3.05, 3.63) is 11.5 Å². The highest BCUT2D eigenvalue weighted by Gasteiger charge is 2.25. The molecule has 1 atom stereocenters. The van der Waals surface area contributed by atoms with Gasteiger partial charge in [-0.1, -0.05) is 32.1 Å². The quantitative estimate of drug-likeness (QED) is 0.749. The zero-order chi connectivity index (χ0) is 11.4. The van der Waals surface area contributed by atoms with Gasteiger partial charge in [0.05, 0.1) is 18.0 Å². The van der Waals surface area contributed by atoms with Crippen LogP contribution in [0.25, 0.3) is 0 Å². The minimum absolute atomic E-state index is 0.142. The molecule has 1 aliphatic carbocycles. The first kappa shape index (κ1) is 12.1. The van der Waals surface area contributed by atoms with Crippen LogP contribution in [0.4, 0.5) is 0 Å². The highest BCUT2D eigenvalue weighted by Crippen LogP contribution is 2.22. The Labute approximate surface area is 97.8 Å². The molecule has 0 aromatic carbocycles. The lowest BCUT2D eigenvalue weighted by atomic mass is 9.98. The molecule has 0 N–H and O–H groups in total. The number of rotatable bonds is 2. The molecule has 1 saturated carbocycles. The molecule has 0 spiro atoms. The maximum absolute atomic E-state index is 11.2. The average molecular weight is 244 g/mol. The van der Waals surface area contributed by atoms with Gasteiger partial charge in [-0.3, -0.25) is 0 Å². The molecule has 1 heterocycles. The Bertz CT molecular complexity index is 337. The molecule has 2 aliphatic rings. The molecular weight excluding hydrogens is 224 g/mol. The SMILES string of the molecule is O=S1(=O)C=CC(OC2CCCCCCC2)C1. The van der Waals surface area contributed by atoms with Crippen LogP contribution in [0, 0.1) is 0 Å². The maximum atomic E-state index is 11.2. The molecule has 0 bridgehead atoms. The van der Waals surface area contributed by atoms with Gasteiger partial charge in [0.15, 0.2) is 9.84 Å². The molecule has 4 heteroatoms. The Morgan fingerprint density at radius 2 is 1.62 bits per heavy atom. The van der Waals surface area contributed by atoms with E-state index in [-0.39, 0.29) is 18.0 Å². The molecule has 0 aromatic rings. The Morgan fingerprint density at radius 1 is 1.00 bits per heavy atom. The highest BCUT2D eigenvalue weighted by atomic mass is 32.2. The lowest BCUT2D eigenvalue weighted by Gasteiger charge is -2.22. The van der Waals surface area contributed by atoms with Gasteiger partial charge in [-0.15, -0.1) is 0 Å². The van der Waals surface area contributed by atoms with Gasteiger partial charge in [-0.2, -0.15) is 0 Å². The molecule has 1 aliphatic heterocycles. The summed E-state index contributed by atoms with van der Waals surface area (Å²) in [6.07, 6.45) is 10.3. The van der Waals surface area contributed by atoms with Crippen molar-refractivity contribution in [3.8, 4) is 0 Å². The van der Waals surface area contributed by atoms with Gasteiger partial charge < -0.3 is 4.74 Å². The molecule has 0 aromatic heterocycles. The third kappa shape index (κ3) is 3.59. The van der Waals surface area contributed by atoms with Crippen molar-refractivity contribution >= 4 is 9.84 Å². The van der Waals surface area contributed by atoms with E-state index in [0.717, 1.165) is 12.8 Å². The molecule has 0 amide bonds. The minimum atomic E-state index is -2.97. The third-order valence-electron chi connectivity index (χ3n) is 3.32. The van der Waals surface area contributed by atoms with E-state index in [1.54, 1.807) is 6.08 Å². The van der Waals surface area contributed by atoms with Gasteiger partial charge in [-0.05, 0) is 18.9 Å². The Kier molecular flexibility index (Phi) is 4.03.